The Bertz CT molecular complexity index is 394. The van der Waals surface area contributed by atoms with Crippen LogP contribution in [-0.4, -0.2) is 24.3 Å². The van der Waals surface area contributed by atoms with Gasteiger partial charge in [0.1, 0.15) is 5.70 Å². The van der Waals surface area contributed by atoms with E-state index in [0.717, 1.165) is 35.3 Å². The summed E-state index contributed by atoms with van der Waals surface area (Å²) in [6.07, 6.45) is 4.60. The van der Waals surface area contributed by atoms with Gasteiger partial charge < -0.3 is 21.1 Å². The summed E-state index contributed by atoms with van der Waals surface area (Å²) in [5, 5.41) is 21.4. The van der Waals surface area contributed by atoms with Gasteiger partial charge in [-0.2, -0.15) is 0 Å². The van der Waals surface area contributed by atoms with E-state index in [1.54, 1.807) is 13.1 Å². The third kappa shape index (κ3) is 1.74. The number of hydrogen-bond acceptors (Lipinski definition) is 3. The van der Waals surface area contributed by atoms with Gasteiger partial charge in [-0.1, -0.05) is 12.2 Å². The molecule has 0 fully saturated rings. The van der Waals surface area contributed by atoms with Crippen molar-refractivity contribution in [3.63, 3.8) is 0 Å². The molecule has 4 N–H and O–H groups in total. The molecule has 4 nitrogen and oxygen atoms in total. The van der Waals surface area contributed by atoms with Gasteiger partial charge in [-0.15, -0.1) is 0 Å². The Morgan fingerprint density at radius 1 is 1.50 bits per heavy atom. The number of nitrogens with one attached hydrogen (secondary N) is 1. The lowest BCUT2D eigenvalue weighted by atomic mass is 9.81. The third-order valence-corrected chi connectivity index (χ3v) is 3.39. The summed E-state index contributed by atoms with van der Waals surface area (Å²) in [6.45, 7) is 1.99. The first-order chi connectivity index (χ1) is 7.52. The lowest BCUT2D eigenvalue weighted by Crippen LogP contribution is -3.02. The lowest BCUT2D eigenvalue weighted by molar-refractivity contribution is -0.780. The molecule has 0 aromatic carbocycles. The lowest BCUT2D eigenvalue weighted by Gasteiger charge is -2.33. The van der Waals surface area contributed by atoms with E-state index in [1.807, 2.05) is 13.0 Å². The molecule has 0 amide bonds. The first kappa shape index (κ1) is 11.5. The summed E-state index contributed by atoms with van der Waals surface area (Å²) in [6, 6.07) is -0.359. The maximum absolute atomic E-state index is 11.6. The summed E-state index contributed by atoms with van der Waals surface area (Å²) in [5.74, 6) is 0. The average Bonchev–Trinajstić information content (AvgIpc) is 2.22. The van der Waals surface area contributed by atoms with E-state index >= 15 is 0 Å². The van der Waals surface area contributed by atoms with Crippen LogP contribution in [0.15, 0.2) is 34.6 Å². The highest BCUT2D eigenvalue weighted by molar-refractivity contribution is 5.49. The smallest absolute Gasteiger partial charge is 0.137 e. The first-order valence-electron chi connectivity index (χ1n) is 5.58. The number of rotatable bonds is 1. The minimum atomic E-state index is -0.620. The average molecular weight is 222 g/mol. The molecule has 2 aliphatic carbocycles. The van der Waals surface area contributed by atoms with E-state index in [-0.39, 0.29) is 11.1 Å². The van der Waals surface area contributed by atoms with Crippen molar-refractivity contribution in [2.24, 2.45) is 5.73 Å². The Kier molecular flexibility index (Phi) is 2.99. The molecule has 3 unspecified atom stereocenters. The van der Waals surface area contributed by atoms with Gasteiger partial charge in [0.15, 0.2) is 0 Å². The van der Waals surface area contributed by atoms with Crippen molar-refractivity contribution in [1.82, 2.24) is 0 Å². The second-order valence-electron chi connectivity index (χ2n) is 4.53. The van der Waals surface area contributed by atoms with Gasteiger partial charge in [0, 0.05) is 5.57 Å². The molecule has 0 saturated carbocycles. The molecule has 0 aromatic rings. The third-order valence-electron chi connectivity index (χ3n) is 3.39. The first-order valence-corrected chi connectivity index (χ1v) is 5.58. The van der Waals surface area contributed by atoms with Crippen LogP contribution in [0.25, 0.3) is 0 Å². The van der Waals surface area contributed by atoms with Crippen molar-refractivity contribution < 1.29 is 10.2 Å². The van der Waals surface area contributed by atoms with Crippen molar-refractivity contribution in [3.8, 4) is 0 Å². The minimum absolute atomic E-state index is 0.0814. The zero-order valence-corrected chi connectivity index (χ0v) is 9.66. The molecule has 3 atom stereocenters. The minimum Gasteiger partial charge on any atom is -0.629 e. The molecule has 2 aliphatic rings. The number of hydroxylamine groups is 2. The van der Waals surface area contributed by atoms with Crippen molar-refractivity contribution >= 4 is 0 Å². The number of hydrogen-bond donors (Lipinski definition) is 3. The van der Waals surface area contributed by atoms with Gasteiger partial charge in [-0.3, -0.25) is 0 Å². The van der Waals surface area contributed by atoms with Crippen LogP contribution in [0.5, 0.6) is 0 Å². The Hall–Kier alpha value is -0.940. The standard InChI is InChI=1S/C12H18N2O2/c1-7-3-4-8-9(12(7)14(2)16)5-6-10(15)11(8)13/h5-6,10-11,14-15H,3-4,13H2,1-2H3. The second-order valence-corrected chi connectivity index (χ2v) is 4.53. The number of allylic oxidation sites excluding steroid dienone is 2. The Balaban J connectivity index is 2.47. The molecule has 4 heteroatoms. The van der Waals surface area contributed by atoms with Gasteiger partial charge in [0.25, 0.3) is 0 Å². The topological polar surface area (TPSA) is 73.8 Å². The van der Waals surface area contributed by atoms with Crippen LogP contribution >= 0.6 is 0 Å². The van der Waals surface area contributed by atoms with Crippen LogP contribution < -0.4 is 10.8 Å². The molecule has 0 saturated heterocycles. The summed E-state index contributed by atoms with van der Waals surface area (Å²) in [7, 11) is 1.58. The summed E-state index contributed by atoms with van der Waals surface area (Å²) in [5.41, 5.74) is 9.82. The molecule has 0 aliphatic heterocycles. The van der Waals surface area contributed by atoms with Gasteiger partial charge in [0.2, 0.25) is 0 Å². The monoisotopic (exact) mass is 222 g/mol. The summed E-state index contributed by atoms with van der Waals surface area (Å²) >= 11 is 0. The van der Waals surface area contributed by atoms with Crippen molar-refractivity contribution in [2.45, 2.75) is 31.9 Å². The largest absolute Gasteiger partial charge is 0.629 e. The fourth-order valence-corrected chi connectivity index (χ4v) is 2.52. The number of quaternary nitrogens is 1. The van der Waals surface area contributed by atoms with Crippen LogP contribution in [0.3, 0.4) is 0 Å². The number of aliphatic hydroxyl groups is 1. The van der Waals surface area contributed by atoms with E-state index in [1.165, 1.54) is 0 Å². The molecule has 0 bridgehead atoms. The summed E-state index contributed by atoms with van der Waals surface area (Å²) < 4.78 is 0. The Morgan fingerprint density at radius 2 is 2.19 bits per heavy atom. The van der Waals surface area contributed by atoms with Gasteiger partial charge in [-0.25, -0.2) is 0 Å². The molecular weight excluding hydrogens is 204 g/mol. The Labute approximate surface area is 95.3 Å². The molecule has 0 heterocycles. The quantitative estimate of drug-likeness (QED) is 0.530. The number of nitrogens with two attached hydrogens (primary N) is 1. The van der Waals surface area contributed by atoms with Crippen LogP contribution in [0.2, 0.25) is 0 Å². The fraction of sp³-hybridized carbons (Fsp3) is 0.500. The zero-order chi connectivity index (χ0) is 11.9. The van der Waals surface area contributed by atoms with E-state index in [2.05, 4.69) is 0 Å². The highest BCUT2D eigenvalue weighted by atomic mass is 16.5. The van der Waals surface area contributed by atoms with Crippen molar-refractivity contribution in [3.05, 3.63) is 39.8 Å². The SMILES string of the molecule is CC1=C([NH+](C)[O-])C2=C(CC1)C(N)C(O)C=C2. The van der Waals surface area contributed by atoms with Gasteiger partial charge >= 0.3 is 0 Å². The van der Waals surface area contributed by atoms with E-state index < -0.39 is 6.10 Å². The van der Waals surface area contributed by atoms with Crippen molar-refractivity contribution in [1.29, 1.82) is 0 Å². The number of likely N-dealkylation sites (N-methyl/N-ethyl adjacent to an activating group) is 1. The zero-order valence-electron chi connectivity index (χ0n) is 9.66. The molecule has 88 valence electrons. The highest BCUT2D eigenvalue weighted by Gasteiger charge is 2.30. The maximum atomic E-state index is 11.6. The normalized spacial score (nSPS) is 31.8. The van der Waals surface area contributed by atoms with Crippen LogP contribution in [-0.2, 0) is 0 Å². The Morgan fingerprint density at radius 3 is 2.81 bits per heavy atom. The predicted molar refractivity (Wildman–Crippen MR) is 62.3 cm³/mol. The van der Waals surface area contributed by atoms with Crippen LogP contribution in [0.1, 0.15) is 19.8 Å². The fourth-order valence-electron chi connectivity index (χ4n) is 2.52. The van der Waals surface area contributed by atoms with Gasteiger partial charge in [0.05, 0.1) is 19.2 Å². The van der Waals surface area contributed by atoms with Gasteiger partial charge in [-0.05, 0) is 30.9 Å². The predicted octanol–water partition coefficient (Wildman–Crippen LogP) is -0.379. The highest BCUT2D eigenvalue weighted by Crippen LogP contribution is 2.33. The molecule has 2 rings (SSSR count). The van der Waals surface area contributed by atoms with E-state index in [4.69, 9.17) is 5.73 Å². The molecule has 16 heavy (non-hydrogen) atoms. The van der Waals surface area contributed by atoms with Crippen LogP contribution in [0.4, 0.5) is 0 Å². The second kappa shape index (κ2) is 4.14. The van der Waals surface area contributed by atoms with Crippen molar-refractivity contribution in [2.75, 3.05) is 7.05 Å². The maximum Gasteiger partial charge on any atom is 0.137 e. The molecule has 0 aromatic heterocycles. The van der Waals surface area contributed by atoms with Crippen LogP contribution in [0, 0.1) is 5.21 Å². The molecular formula is C12H18N2O2. The molecule has 0 radical (unpaired) electrons. The molecule has 0 spiro atoms. The number of aliphatic hydroxyl groups excluding tert-OH is 1. The van der Waals surface area contributed by atoms with E-state index in [0.29, 0.717) is 0 Å². The van der Waals surface area contributed by atoms with E-state index in [9.17, 15) is 10.3 Å². The summed E-state index contributed by atoms with van der Waals surface area (Å²) in [4.78, 5) is 0.